The van der Waals surface area contributed by atoms with Gasteiger partial charge in [0.15, 0.2) is 0 Å². The quantitative estimate of drug-likeness (QED) is 0.839. The highest BCUT2D eigenvalue weighted by Gasteiger charge is 2.16. The lowest BCUT2D eigenvalue weighted by molar-refractivity contribution is -0.115. The van der Waals surface area contributed by atoms with Gasteiger partial charge in [-0.15, -0.1) is 0 Å². The van der Waals surface area contributed by atoms with Crippen molar-refractivity contribution in [3.8, 4) is 5.75 Å². The average Bonchev–Trinajstić information content (AvgIpc) is 2.82. The van der Waals surface area contributed by atoms with Crippen LogP contribution >= 0.6 is 0 Å². The molecule has 1 saturated carbocycles. The van der Waals surface area contributed by atoms with Crippen molar-refractivity contribution in [3.63, 3.8) is 0 Å². The molecule has 1 aliphatic carbocycles. The fourth-order valence-electron chi connectivity index (χ4n) is 2.21. The number of likely N-dealkylation sites (N-methyl/N-ethyl adjacent to an activating group) is 1. The Morgan fingerprint density at radius 1 is 1.39 bits per heavy atom. The molecule has 1 aliphatic rings. The summed E-state index contributed by atoms with van der Waals surface area (Å²) in [4.78, 5) is 11.5. The van der Waals surface area contributed by atoms with Gasteiger partial charge in [-0.1, -0.05) is 6.07 Å². The van der Waals surface area contributed by atoms with Crippen LogP contribution in [0, 0.1) is 0 Å². The SMILES string of the molecule is CNCC(=O)Nc1cccc(OC2CCCC2)c1. The maximum atomic E-state index is 11.5. The van der Waals surface area contributed by atoms with Crippen LogP contribution in [0.5, 0.6) is 5.75 Å². The molecule has 0 radical (unpaired) electrons. The lowest BCUT2D eigenvalue weighted by Crippen LogP contribution is -2.25. The monoisotopic (exact) mass is 248 g/mol. The Kier molecular flexibility index (Phi) is 4.59. The van der Waals surface area contributed by atoms with E-state index < -0.39 is 0 Å². The van der Waals surface area contributed by atoms with Crippen molar-refractivity contribution in [2.24, 2.45) is 0 Å². The summed E-state index contributed by atoms with van der Waals surface area (Å²) in [6.45, 7) is 0.313. The van der Waals surface area contributed by atoms with E-state index in [0.717, 1.165) is 24.3 Å². The molecule has 18 heavy (non-hydrogen) atoms. The fraction of sp³-hybridized carbons (Fsp3) is 0.500. The highest BCUT2D eigenvalue weighted by Crippen LogP contribution is 2.25. The van der Waals surface area contributed by atoms with Crippen LogP contribution in [0.25, 0.3) is 0 Å². The summed E-state index contributed by atoms with van der Waals surface area (Å²) in [6.07, 6.45) is 5.12. The Balaban J connectivity index is 1.93. The molecular formula is C14H20N2O2. The van der Waals surface area contributed by atoms with Gasteiger partial charge in [-0.2, -0.15) is 0 Å². The number of amides is 1. The molecule has 0 aromatic heterocycles. The van der Waals surface area contributed by atoms with E-state index in [4.69, 9.17) is 4.74 Å². The predicted molar refractivity (Wildman–Crippen MR) is 71.9 cm³/mol. The fourth-order valence-corrected chi connectivity index (χ4v) is 2.21. The molecule has 0 atom stereocenters. The Bertz CT molecular complexity index is 401. The van der Waals surface area contributed by atoms with Crippen LogP contribution in [0.2, 0.25) is 0 Å². The first-order chi connectivity index (χ1) is 8.78. The maximum Gasteiger partial charge on any atom is 0.238 e. The summed E-state index contributed by atoms with van der Waals surface area (Å²) in [5.41, 5.74) is 0.783. The minimum Gasteiger partial charge on any atom is -0.490 e. The third-order valence-corrected chi connectivity index (χ3v) is 3.06. The summed E-state index contributed by atoms with van der Waals surface area (Å²) < 4.78 is 5.89. The molecule has 0 spiro atoms. The van der Waals surface area contributed by atoms with E-state index in [1.54, 1.807) is 7.05 Å². The summed E-state index contributed by atoms with van der Waals surface area (Å²) in [5.74, 6) is 0.791. The molecule has 0 bridgehead atoms. The zero-order valence-corrected chi connectivity index (χ0v) is 10.7. The van der Waals surface area contributed by atoms with Gasteiger partial charge in [-0.3, -0.25) is 4.79 Å². The van der Waals surface area contributed by atoms with Crippen LogP contribution in [-0.2, 0) is 4.79 Å². The van der Waals surface area contributed by atoms with Crippen molar-refractivity contribution < 1.29 is 9.53 Å². The number of benzene rings is 1. The standard InChI is InChI=1S/C14H20N2O2/c1-15-10-14(17)16-11-5-4-8-13(9-11)18-12-6-2-3-7-12/h4-5,8-9,12,15H,2-3,6-7,10H2,1H3,(H,16,17). The summed E-state index contributed by atoms with van der Waals surface area (Å²) in [6, 6.07) is 7.59. The van der Waals surface area contributed by atoms with Crippen molar-refractivity contribution in [2.75, 3.05) is 18.9 Å². The predicted octanol–water partition coefficient (Wildman–Crippen LogP) is 2.17. The smallest absolute Gasteiger partial charge is 0.238 e. The van der Waals surface area contributed by atoms with E-state index in [-0.39, 0.29) is 5.91 Å². The van der Waals surface area contributed by atoms with Crippen molar-refractivity contribution in [1.82, 2.24) is 5.32 Å². The largest absolute Gasteiger partial charge is 0.490 e. The van der Waals surface area contributed by atoms with Gasteiger partial charge in [0.05, 0.1) is 12.6 Å². The first kappa shape index (κ1) is 12.9. The van der Waals surface area contributed by atoms with Gasteiger partial charge >= 0.3 is 0 Å². The number of carbonyl (C=O) groups is 1. The van der Waals surface area contributed by atoms with Crippen LogP contribution in [0.4, 0.5) is 5.69 Å². The number of hydrogen-bond acceptors (Lipinski definition) is 3. The van der Waals surface area contributed by atoms with E-state index >= 15 is 0 Å². The number of rotatable bonds is 5. The third-order valence-electron chi connectivity index (χ3n) is 3.06. The molecule has 2 N–H and O–H groups in total. The second-order valence-corrected chi connectivity index (χ2v) is 4.63. The zero-order chi connectivity index (χ0) is 12.8. The van der Waals surface area contributed by atoms with Gasteiger partial charge < -0.3 is 15.4 Å². The highest BCUT2D eigenvalue weighted by molar-refractivity contribution is 5.92. The van der Waals surface area contributed by atoms with Crippen molar-refractivity contribution in [2.45, 2.75) is 31.8 Å². The van der Waals surface area contributed by atoms with Gasteiger partial charge in [-0.05, 0) is 44.9 Å². The van der Waals surface area contributed by atoms with E-state index in [0.29, 0.717) is 12.6 Å². The molecule has 1 fully saturated rings. The van der Waals surface area contributed by atoms with Gasteiger partial charge in [0.25, 0.3) is 0 Å². The van der Waals surface area contributed by atoms with Crippen molar-refractivity contribution >= 4 is 11.6 Å². The Labute approximate surface area is 108 Å². The first-order valence-corrected chi connectivity index (χ1v) is 6.49. The van der Waals surface area contributed by atoms with Crippen molar-refractivity contribution in [3.05, 3.63) is 24.3 Å². The lowest BCUT2D eigenvalue weighted by atomic mass is 10.2. The molecule has 0 heterocycles. The third kappa shape index (κ3) is 3.74. The maximum absolute atomic E-state index is 11.5. The molecule has 2 rings (SSSR count). The minimum atomic E-state index is -0.0458. The van der Waals surface area contributed by atoms with Gasteiger partial charge in [0.1, 0.15) is 5.75 Å². The Morgan fingerprint density at radius 2 is 2.17 bits per heavy atom. The second-order valence-electron chi connectivity index (χ2n) is 4.63. The second kappa shape index (κ2) is 6.40. The average molecular weight is 248 g/mol. The number of anilines is 1. The number of ether oxygens (including phenoxy) is 1. The lowest BCUT2D eigenvalue weighted by Gasteiger charge is -2.14. The number of nitrogens with one attached hydrogen (secondary N) is 2. The van der Waals surface area contributed by atoms with E-state index in [1.165, 1.54) is 12.8 Å². The van der Waals surface area contributed by atoms with Crippen LogP contribution in [0.3, 0.4) is 0 Å². The molecule has 0 saturated heterocycles. The molecule has 4 heteroatoms. The van der Waals surface area contributed by atoms with E-state index in [9.17, 15) is 4.79 Å². The summed E-state index contributed by atoms with van der Waals surface area (Å²) >= 11 is 0. The van der Waals surface area contributed by atoms with Gasteiger partial charge in [0.2, 0.25) is 5.91 Å². The number of carbonyl (C=O) groups excluding carboxylic acids is 1. The van der Waals surface area contributed by atoms with Crippen LogP contribution in [0.15, 0.2) is 24.3 Å². The molecule has 1 aromatic carbocycles. The van der Waals surface area contributed by atoms with Crippen LogP contribution in [0.1, 0.15) is 25.7 Å². The molecule has 4 nitrogen and oxygen atoms in total. The first-order valence-electron chi connectivity index (χ1n) is 6.49. The molecule has 98 valence electrons. The van der Waals surface area contributed by atoms with E-state index in [1.807, 2.05) is 24.3 Å². The Hall–Kier alpha value is -1.55. The van der Waals surface area contributed by atoms with Crippen LogP contribution < -0.4 is 15.4 Å². The van der Waals surface area contributed by atoms with Gasteiger partial charge in [0, 0.05) is 11.8 Å². The summed E-state index contributed by atoms with van der Waals surface area (Å²) in [7, 11) is 1.75. The normalized spacial score (nSPS) is 15.6. The minimum absolute atomic E-state index is 0.0458. The molecule has 0 aliphatic heterocycles. The molecule has 1 aromatic rings. The molecule has 0 unspecified atom stereocenters. The number of hydrogen-bond donors (Lipinski definition) is 2. The summed E-state index contributed by atoms with van der Waals surface area (Å²) in [5, 5.41) is 5.64. The van der Waals surface area contributed by atoms with Crippen molar-refractivity contribution in [1.29, 1.82) is 0 Å². The van der Waals surface area contributed by atoms with Gasteiger partial charge in [-0.25, -0.2) is 0 Å². The zero-order valence-electron chi connectivity index (χ0n) is 10.7. The molecular weight excluding hydrogens is 228 g/mol. The Morgan fingerprint density at radius 3 is 2.89 bits per heavy atom. The van der Waals surface area contributed by atoms with Crippen LogP contribution in [-0.4, -0.2) is 25.6 Å². The topological polar surface area (TPSA) is 50.4 Å². The van der Waals surface area contributed by atoms with E-state index in [2.05, 4.69) is 10.6 Å². The molecule has 1 amide bonds. The highest BCUT2D eigenvalue weighted by atomic mass is 16.5.